The fourth-order valence-electron chi connectivity index (χ4n) is 2.86. The maximum absolute atomic E-state index is 12.5. The van der Waals surface area contributed by atoms with E-state index in [-0.39, 0.29) is 42.4 Å². The topological polar surface area (TPSA) is 70.7 Å². The van der Waals surface area contributed by atoms with E-state index in [0.717, 1.165) is 30.8 Å². The number of anilines is 2. The third-order valence-corrected chi connectivity index (χ3v) is 4.12. The minimum absolute atomic E-state index is 0. The molecule has 1 aliphatic rings. The Morgan fingerprint density at radius 3 is 2.68 bits per heavy atom. The summed E-state index contributed by atoms with van der Waals surface area (Å²) in [4.78, 5) is 18.5. The number of aryl methyl sites for hydroxylation is 2. The second kappa shape index (κ2) is 8.84. The molecule has 0 aromatic heterocycles. The Hall–Kier alpha value is -2.09. The van der Waals surface area contributed by atoms with Crippen LogP contribution in [0.4, 0.5) is 11.4 Å². The highest BCUT2D eigenvalue weighted by atomic mass is 127. The summed E-state index contributed by atoms with van der Waals surface area (Å²) < 4.78 is 0. The molecule has 0 unspecified atom stereocenters. The van der Waals surface area contributed by atoms with Crippen molar-refractivity contribution in [3.8, 4) is 0 Å². The van der Waals surface area contributed by atoms with Gasteiger partial charge in [0.2, 0.25) is 5.91 Å². The minimum Gasteiger partial charge on any atom is -0.370 e. The molecule has 25 heavy (non-hydrogen) atoms. The number of amides is 1. The molecular formula is C19H23IN4O. The van der Waals surface area contributed by atoms with Crippen molar-refractivity contribution in [1.82, 2.24) is 0 Å². The number of guanidine groups is 1. The highest BCUT2D eigenvalue weighted by Gasteiger charge is 2.21. The van der Waals surface area contributed by atoms with Crippen LogP contribution in [-0.4, -0.2) is 25.0 Å². The van der Waals surface area contributed by atoms with Crippen molar-refractivity contribution in [3.63, 3.8) is 0 Å². The van der Waals surface area contributed by atoms with Crippen LogP contribution in [0.2, 0.25) is 0 Å². The standard InChI is InChI=1S/C19H22N4O.HI/c1-14-8-10-16(11-9-14)22-19(20)21-13-18(24)23-12-4-6-15-5-2-3-7-17(15)23;/h2-3,5,7-11H,4,6,12-13H2,1H3,(H3,20,21,22);1H. The largest absolute Gasteiger partial charge is 0.370 e. The van der Waals surface area contributed by atoms with Crippen molar-refractivity contribution in [1.29, 1.82) is 0 Å². The van der Waals surface area contributed by atoms with Crippen molar-refractivity contribution in [2.45, 2.75) is 19.8 Å². The summed E-state index contributed by atoms with van der Waals surface area (Å²) >= 11 is 0. The van der Waals surface area contributed by atoms with Crippen LogP contribution in [-0.2, 0) is 11.2 Å². The van der Waals surface area contributed by atoms with Gasteiger partial charge in [0.05, 0.1) is 0 Å². The van der Waals surface area contributed by atoms with Gasteiger partial charge in [0.1, 0.15) is 6.54 Å². The molecule has 0 fully saturated rings. The Morgan fingerprint density at radius 2 is 1.92 bits per heavy atom. The van der Waals surface area contributed by atoms with E-state index in [2.05, 4.69) is 16.4 Å². The summed E-state index contributed by atoms with van der Waals surface area (Å²) in [6, 6.07) is 15.9. The van der Waals surface area contributed by atoms with E-state index in [1.165, 1.54) is 11.1 Å². The summed E-state index contributed by atoms with van der Waals surface area (Å²) in [6.07, 6.45) is 1.99. The van der Waals surface area contributed by atoms with E-state index >= 15 is 0 Å². The van der Waals surface area contributed by atoms with Crippen LogP contribution in [0.25, 0.3) is 0 Å². The summed E-state index contributed by atoms with van der Waals surface area (Å²) in [7, 11) is 0. The maximum Gasteiger partial charge on any atom is 0.248 e. The van der Waals surface area contributed by atoms with Gasteiger partial charge in [0.15, 0.2) is 5.96 Å². The number of carbonyl (C=O) groups excluding carboxylic acids is 1. The zero-order valence-electron chi connectivity index (χ0n) is 14.2. The molecule has 0 saturated carbocycles. The fourth-order valence-corrected chi connectivity index (χ4v) is 2.86. The monoisotopic (exact) mass is 450 g/mol. The Kier molecular flexibility index (Phi) is 6.81. The van der Waals surface area contributed by atoms with E-state index in [0.29, 0.717) is 0 Å². The van der Waals surface area contributed by atoms with Crippen molar-refractivity contribution in [3.05, 3.63) is 59.7 Å². The van der Waals surface area contributed by atoms with E-state index in [4.69, 9.17) is 5.73 Å². The van der Waals surface area contributed by atoms with Crippen LogP contribution < -0.4 is 16.0 Å². The molecule has 5 nitrogen and oxygen atoms in total. The summed E-state index contributed by atoms with van der Waals surface area (Å²) in [5.74, 6) is 0.216. The average molecular weight is 450 g/mol. The number of nitrogens with zero attached hydrogens (tertiary/aromatic N) is 2. The third kappa shape index (κ3) is 4.94. The Labute approximate surface area is 165 Å². The number of halogens is 1. The molecule has 2 aromatic carbocycles. The van der Waals surface area contributed by atoms with Gasteiger partial charge in [-0.1, -0.05) is 35.9 Å². The predicted octanol–water partition coefficient (Wildman–Crippen LogP) is 3.32. The summed E-state index contributed by atoms with van der Waals surface area (Å²) in [5, 5.41) is 3.00. The van der Waals surface area contributed by atoms with Crippen molar-refractivity contribution in [2.24, 2.45) is 10.7 Å². The van der Waals surface area contributed by atoms with Crippen LogP contribution in [0.15, 0.2) is 53.5 Å². The van der Waals surface area contributed by atoms with Crippen LogP contribution in [0.1, 0.15) is 17.5 Å². The SMILES string of the molecule is Cc1ccc(NC(N)=NCC(=O)N2CCCc3ccccc32)cc1.I. The molecule has 6 heteroatoms. The number of hydrogen-bond acceptors (Lipinski definition) is 2. The van der Waals surface area contributed by atoms with E-state index < -0.39 is 0 Å². The second-order valence-corrected chi connectivity index (χ2v) is 5.97. The molecule has 0 spiro atoms. The number of para-hydroxylation sites is 1. The van der Waals surface area contributed by atoms with Gasteiger partial charge in [-0.15, -0.1) is 24.0 Å². The lowest BCUT2D eigenvalue weighted by atomic mass is 10.0. The molecule has 0 saturated heterocycles. The molecule has 3 rings (SSSR count). The van der Waals surface area contributed by atoms with Crippen LogP contribution >= 0.6 is 24.0 Å². The Morgan fingerprint density at radius 1 is 1.20 bits per heavy atom. The highest BCUT2D eigenvalue weighted by Crippen LogP contribution is 2.26. The van der Waals surface area contributed by atoms with Crippen LogP contribution in [0.3, 0.4) is 0 Å². The second-order valence-electron chi connectivity index (χ2n) is 5.97. The molecule has 1 amide bonds. The maximum atomic E-state index is 12.5. The third-order valence-electron chi connectivity index (χ3n) is 4.12. The summed E-state index contributed by atoms with van der Waals surface area (Å²) in [5.41, 5.74) is 10.1. The highest BCUT2D eigenvalue weighted by molar-refractivity contribution is 14.0. The van der Waals surface area contributed by atoms with Crippen molar-refractivity contribution >= 4 is 47.2 Å². The fraction of sp³-hybridized carbons (Fsp3) is 0.263. The first kappa shape index (κ1) is 19.2. The molecule has 132 valence electrons. The molecular weight excluding hydrogens is 427 g/mol. The van der Waals surface area contributed by atoms with Gasteiger partial charge < -0.3 is 16.0 Å². The number of aliphatic imine (C=N–C) groups is 1. The average Bonchev–Trinajstić information content (AvgIpc) is 2.61. The first-order valence-electron chi connectivity index (χ1n) is 8.15. The zero-order chi connectivity index (χ0) is 16.9. The molecule has 0 bridgehead atoms. The number of nitrogens with one attached hydrogen (secondary N) is 1. The lowest BCUT2D eigenvalue weighted by molar-refractivity contribution is -0.117. The number of nitrogens with two attached hydrogens (primary N) is 1. The van der Waals surface area contributed by atoms with Crippen molar-refractivity contribution < 1.29 is 4.79 Å². The van der Waals surface area contributed by atoms with Gasteiger partial charge in [-0.2, -0.15) is 0 Å². The normalized spacial score (nSPS) is 13.6. The lowest BCUT2D eigenvalue weighted by Crippen LogP contribution is -2.37. The van der Waals surface area contributed by atoms with E-state index in [1.54, 1.807) is 0 Å². The van der Waals surface area contributed by atoms with Gasteiger partial charge in [-0.25, -0.2) is 4.99 Å². The van der Waals surface area contributed by atoms with Gasteiger partial charge in [-0.05, 0) is 43.5 Å². The molecule has 1 aliphatic heterocycles. The van der Waals surface area contributed by atoms with Crippen molar-refractivity contribution in [2.75, 3.05) is 23.3 Å². The van der Waals surface area contributed by atoms with E-state index in [1.807, 2.05) is 54.3 Å². The number of rotatable bonds is 3. The number of carbonyl (C=O) groups is 1. The quantitative estimate of drug-likeness (QED) is 0.428. The minimum atomic E-state index is -0.0317. The Bertz CT molecular complexity index is 758. The Balaban J connectivity index is 0.00000225. The van der Waals surface area contributed by atoms with Gasteiger partial charge in [0, 0.05) is 17.9 Å². The molecule has 3 N–H and O–H groups in total. The predicted molar refractivity (Wildman–Crippen MR) is 114 cm³/mol. The first-order valence-corrected chi connectivity index (χ1v) is 8.15. The summed E-state index contributed by atoms with van der Waals surface area (Å²) in [6.45, 7) is 2.80. The number of hydrogen-bond donors (Lipinski definition) is 2. The lowest BCUT2D eigenvalue weighted by Gasteiger charge is -2.29. The smallest absolute Gasteiger partial charge is 0.248 e. The first-order chi connectivity index (χ1) is 11.6. The number of fused-ring (bicyclic) bond motifs is 1. The molecule has 0 aliphatic carbocycles. The van der Waals surface area contributed by atoms with Gasteiger partial charge in [0.25, 0.3) is 0 Å². The molecule has 0 atom stereocenters. The molecule has 0 radical (unpaired) electrons. The number of benzene rings is 2. The van der Waals surface area contributed by atoms with E-state index in [9.17, 15) is 4.79 Å². The van der Waals surface area contributed by atoms with Crippen LogP contribution in [0, 0.1) is 6.92 Å². The van der Waals surface area contributed by atoms with Gasteiger partial charge >= 0.3 is 0 Å². The van der Waals surface area contributed by atoms with Crippen LogP contribution in [0.5, 0.6) is 0 Å². The molecule has 1 heterocycles. The van der Waals surface area contributed by atoms with Gasteiger partial charge in [-0.3, -0.25) is 4.79 Å². The zero-order valence-corrected chi connectivity index (χ0v) is 16.6. The molecule has 2 aromatic rings.